The summed E-state index contributed by atoms with van der Waals surface area (Å²) < 4.78 is 0. The molecule has 0 saturated heterocycles. The molecular weight excluding hydrogens is 214 g/mol. The van der Waals surface area contributed by atoms with Crippen LogP contribution in [-0.4, -0.2) is 23.1 Å². The molecule has 3 nitrogen and oxygen atoms in total. The van der Waals surface area contributed by atoms with Gasteiger partial charge < -0.3 is 9.69 Å². The molecule has 0 spiro atoms. The largest absolute Gasteiger partial charge is 0.334 e. The Labute approximate surface area is 101 Å². The molecule has 1 heterocycles. The van der Waals surface area contributed by atoms with Gasteiger partial charge in [-0.1, -0.05) is 18.2 Å². The van der Waals surface area contributed by atoms with Gasteiger partial charge in [0, 0.05) is 25.1 Å². The summed E-state index contributed by atoms with van der Waals surface area (Å²) in [7, 11) is 0. The normalized spacial score (nSPS) is 14.0. The van der Waals surface area contributed by atoms with E-state index >= 15 is 0 Å². The molecule has 17 heavy (non-hydrogen) atoms. The van der Waals surface area contributed by atoms with Crippen LogP contribution < -0.4 is 0 Å². The van der Waals surface area contributed by atoms with Crippen molar-refractivity contribution < 1.29 is 9.59 Å². The maximum absolute atomic E-state index is 12.1. The summed E-state index contributed by atoms with van der Waals surface area (Å²) in [5.74, 6) is 0.298. The number of carbonyl (C=O) groups is 2. The summed E-state index contributed by atoms with van der Waals surface area (Å²) in [4.78, 5) is 24.8. The van der Waals surface area contributed by atoms with Gasteiger partial charge in [0.1, 0.15) is 5.78 Å². The van der Waals surface area contributed by atoms with Gasteiger partial charge in [-0.25, -0.2) is 0 Å². The molecule has 1 aliphatic rings. The molecule has 0 atom stereocenters. The summed E-state index contributed by atoms with van der Waals surface area (Å²) in [6, 6.07) is 5.96. The summed E-state index contributed by atoms with van der Waals surface area (Å²) >= 11 is 0. The number of Topliss-reactive ketones (excluding diaryl/α,β-unsaturated/α-hetero) is 1. The van der Waals surface area contributed by atoms with Crippen LogP contribution in [0.3, 0.4) is 0 Å². The lowest BCUT2D eigenvalue weighted by molar-refractivity contribution is -0.117. The molecule has 3 heteroatoms. The standard InChI is InChI=1S/C14H17NO2/c1-10-5-3-7-12-9-15(14(17)13(10)12)8-4-6-11(2)16/h3,5,7H,4,6,8-9H2,1-2H3. The van der Waals surface area contributed by atoms with Gasteiger partial charge in [0.25, 0.3) is 5.91 Å². The Morgan fingerprint density at radius 2 is 2.18 bits per heavy atom. The van der Waals surface area contributed by atoms with E-state index in [0.29, 0.717) is 19.5 Å². The monoisotopic (exact) mass is 231 g/mol. The Balaban J connectivity index is 2.05. The molecule has 1 amide bonds. The van der Waals surface area contributed by atoms with Gasteiger partial charge in [0.15, 0.2) is 0 Å². The Bertz CT molecular complexity index is 465. The van der Waals surface area contributed by atoms with Crippen LogP contribution in [0.15, 0.2) is 18.2 Å². The van der Waals surface area contributed by atoms with Gasteiger partial charge in [-0.05, 0) is 31.4 Å². The predicted molar refractivity (Wildman–Crippen MR) is 65.8 cm³/mol. The zero-order valence-electron chi connectivity index (χ0n) is 10.3. The first-order valence-corrected chi connectivity index (χ1v) is 5.97. The van der Waals surface area contributed by atoms with E-state index in [9.17, 15) is 9.59 Å². The maximum Gasteiger partial charge on any atom is 0.254 e. The van der Waals surface area contributed by atoms with Crippen LogP contribution >= 0.6 is 0 Å². The van der Waals surface area contributed by atoms with Crippen molar-refractivity contribution in [3.8, 4) is 0 Å². The SMILES string of the molecule is CC(=O)CCCN1Cc2cccc(C)c2C1=O. The van der Waals surface area contributed by atoms with E-state index in [0.717, 1.165) is 23.1 Å². The smallest absolute Gasteiger partial charge is 0.254 e. The number of ketones is 1. The van der Waals surface area contributed by atoms with Crippen LogP contribution in [0.4, 0.5) is 0 Å². The van der Waals surface area contributed by atoms with Crippen LogP contribution in [0.2, 0.25) is 0 Å². The van der Waals surface area contributed by atoms with Crippen molar-refractivity contribution in [3.63, 3.8) is 0 Å². The number of benzene rings is 1. The average molecular weight is 231 g/mol. The van der Waals surface area contributed by atoms with Crippen molar-refractivity contribution in [2.45, 2.75) is 33.2 Å². The Morgan fingerprint density at radius 1 is 1.41 bits per heavy atom. The molecular formula is C14H17NO2. The molecule has 0 aromatic heterocycles. The summed E-state index contributed by atoms with van der Waals surface area (Å²) in [6.45, 7) is 4.92. The molecule has 0 radical (unpaired) electrons. The van der Waals surface area contributed by atoms with Gasteiger partial charge in [0.2, 0.25) is 0 Å². The molecule has 0 aliphatic carbocycles. The zero-order valence-corrected chi connectivity index (χ0v) is 10.3. The van der Waals surface area contributed by atoms with Crippen molar-refractivity contribution in [1.29, 1.82) is 0 Å². The van der Waals surface area contributed by atoms with Crippen molar-refractivity contribution in [2.24, 2.45) is 0 Å². The summed E-state index contributed by atoms with van der Waals surface area (Å²) in [5, 5.41) is 0. The molecule has 0 saturated carbocycles. The van der Waals surface area contributed by atoms with Crippen molar-refractivity contribution >= 4 is 11.7 Å². The number of rotatable bonds is 4. The van der Waals surface area contributed by atoms with Crippen LogP contribution in [0, 0.1) is 6.92 Å². The fraction of sp³-hybridized carbons (Fsp3) is 0.429. The van der Waals surface area contributed by atoms with Crippen LogP contribution in [0.5, 0.6) is 0 Å². The molecule has 0 N–H and O–H groups in total. The highest BCUT2D eigenvalue weighted by molar-refractivity contribution is 5.99. The molecule has 1 aromatic rings. The van der Waals surface area contributed by atoms with E-state index in [1.54, 1.807) is 6.92 Å². The van der Waals surface area contributed by atoms with E-state index in [1.807, 2.05) is 30.0 Å². The molecule has 0 fully saturated rings. The minimum Gasteiger partial charge on any atom is -0.334 e. The highest BCUT2D eigenvalue weighted by Crippen LogP contribution is 2.25. The highest BCUT2D eigenvalue weighted by Gasteiger charge is 2.27. The summed E-state index contributed by atoms with van der Waals surface area (Å²) in [6.07, 6.45) is 1.31. The third-order valence-electron chi connectivity index (χ3n) is 3.18. The van der Waals surface area contributed by atoms with Gasteiger partial charge in [-0.3, -0.25) is 4.79 Å². The average Bonchev–Trinajstić information content (AvgIpc) is 2.57. The van der Waals surface area contributed by atoms with Crippen LogP contribution in [0.25, 0.3) is 0 Å². The number of hydrogen-bond donors (Lipinski definition) is 0. The predicted octanol–water partition coefficient (Wildman–Crippen LogP) is 2.32. The van der Waals surface area contributed by atoms with Gasteiger partial charge in [0.05, 0.1) is 0 Å². The fourth-order valence-corrected chi connectivity index (χ4v) is 2.30. The number of carbonyl (C=O) groups excluding carboxylic acids is 2. The van der Waals surface area contributed by atoms with Crippen molar-refractivity contribution in [1.82, 2.24) is 4.90 Å². The van der Waals surface area contributed by atoms with E-state index in [1.165, 1.54) is 0 Å². The minimum absolute atomic E-state index is 0.113. The first kappa shape index (κ1) is 11.8. The van der Waals surface area contributed by atoms with E-state index in [-0.39, 0.29) is 11.7 Å². The lowest BCUT2D eigenvalue weighted by Crippen LogP contribution is -2.25. The molecule has 90 valence electrons. The Hall–Kier alpha value is -1.64. The van der Waals surface area contributed by atoms with E-state index in [4.69, 9.17) is 0 Å². The fourth-order valence-electron chi connectivity index (χ4n) is 2.30. The van der Waals surface area contributed by atoms with E-state index in [2.05, 4.69) is 0 Å². The van der Waals surface area contributed by atoms with Crippen LogP contribution in [0.1, 0.15) is 41.3 Å². The lowest BCUT2D eigenvalue weighted by Gasteiger charge is -2.14. The zero-order chi connectivity index (χ0) is 12.4. The molecule has 0 unspecified atom stereocenters. The second-order valence-electron chi connectivity index (χ2n) is 4.64. The van der Waals surface area contributed by atoms with E-state index < -0.39 is 0 Å². The molecule has 1 aliphatic heterocycles. The quantitative estimate of drug-likeness (QED) is 0.797. The summed E-state index contributed by atoms with van der Waals surface area (Å²) in [5.41, 5.74) is 3.01. The topological polar surface area (TPSA) is 37.4 Å². The lowest BCUT2D eigenvalue weighted by atomic mass is 10.0. The highest BCUT2D eigenvalue weighted by atomic mass is 16.2. The number of amides is 1. The van der Waals surface area contributed by atoms with Crippen molar-refractivity contribution in [2.75, 3.05) is 6.54 Å². The number of fused-ring (bicyclic) bond motifs is 1. The Kier molecular flexibility index (Phi) is 3.27. The molecule has 0 bridgehead atoms. The first-order chi connectivity index (χ1) is 8.09. The van der Waals surface area contributed by atoms with Crippen LogP contribution in [-0.2, 0) is 11.3 Å². The maximum atomic E-state index is 12.1. The van der Waals surface area contributed by atoms with Gasteiger partial charge in [-0.2, -0.15) is 0 Å². The second-order valence-corrected chi connectivity index (χ2v) is 4.64. The number of hydrogen-bond acceptors (Lipinski definition) is 2. The third-order valence-corrected chi connectivity index (χ3v) is 3.18. The number of nitrogens with zero attached hydrogens (tertiary/aromatic N) is 1. The first-order valence-electron chi connectivity index (χ1n) is 5.97. The molecule has 2 rings (SSSR count). The van der Waals surface area contributed by atoms with Gasteiger partial charge >= 0.3 is 0 Å². The van der Waals surface area contributed by atoms with Crippen molar-refractivity contribution in [3.05, 3.63) is 34.9 Å². The molecule has 1 aromatic carbocycles. The van der Waals surface area contributed by atoms with Gasteiger partial charge in [-0.15, -0.1) is 0 Å². The minimum atomic E-state index is 0.113. The number of aryl methyl sites for hydroxylation is 1. The second kappa shape index (κ2) is 4.70. The Morgan fingerprint density at radius 3 is 2.82 bits per heavy atom. The third kappa shape index (κ3) is 2.38.